The second-order valence-electron chi connectivity index (χ2n) is 9.86. The van der Waals surface area contributed by atoms with Gasteiger partial charge in [0, 0.05) is 37.3 Å². The van der Waals surface area contributed by atoms with E-state index in [0.29, 0.717) is 16.1 Å². The van der Waals surface area contributed by atoms with Gasteiger partial charge in [-0.05, 0) is 35.9 Å². The van der Waals surface area contributed by atoms with Crippen LogP contribution in [0.4, 0.5) is 13.2 Å². The Bertz CT molecular complexity index is 1360. The minimum atomic E-state index is -5.18. The molecule has 2 rings (SSSR count). The molecular formula is C30H33ClF3N5O4. The zero-order valence-corrected chi connectivity index (χ0v) is 24.6. The summed E-state index contributed by atoms with van der Waals surface area (Å²) in [6.45, 7) is 6.04. The molecule has 0 radical (unpaired) electrons. The Morgan fingerprint density at radius 1 is 0.907 bits per heavy atom. The van der Waals surface area contributed by atoms with E-state index in [1.54, 1.807) is 54.6 Å². The number of Topliss-reactive ketones (excluding diaryl/α,β-unsaturated/α-hetero) is 1. The molecule has 0 fully saturated rings. The standard InChI is InChI=1S/C30H33ClF3N5O4/c1-18(2)25(26(40)30(32,33)34)39-29(43)23(14-19-9-6-5-7-10-19)38-28(42)24(15-20-11-8-12-22(31)13-20)37-27(41)21(16-35-3)17-36-4/h5-13,16-18,23-25H,3,14-15H2,1-2,4H3,(H,37,41)(H,38,42)(H,39,43)/b21-16+,36-17-/t23-,24+,25-/m0/s1. The van der Waals surface area contributed by atoms with Crippen molar-refractivity contribution in [3.05, 3.63) is 82.5 Å². The maximum Gasteiger partial charge on any atom is 0.452 e. The molecule has 0 aliphatic rings. The predicted molar refractivity (Wildman–Crippen MR) is 159 cm³/mol. The van der Waals surface area contributed by atoms with Gasteiger partial charge >= 0.3 is 6.18 Å². The normalized spacial score (nSPS) is 14.1. The van der Waals surface area contributed by atoms with Crippen LogP contribution in [0.2, 0.25) is 5.02 Å². The first-order valence-electron chi connectivity index (χ1n) is 13.2. The number of amides is 3. The smallest absolute Gasteiger partial charge is 0.344 e. The highest BCUT2D eigenvalue weighted by molar-refractivity contribution is 6.30. The number of carbonyl (C=O) groups excluding carboxylic acids is 4. The molecule has 0 unspecified atom stereocenters. The van der Waals surface area contributed by atoms with E-state index in [1.807, 2.05) is 0 Å². The number of hydrogen-bond donors (Lipinski definition) is 3. The molecule has 230 valence electrons. The number of alkyl halides is 3. The number of nitrogens with one attached hydrogen (secondary N) is 3. The van der Waals surface area contributed by atoms with Crippen LogP contribution in [-0.4, -0.2) is 67.8 Å². The van der Waals surface area contributed by atoms with Crippen LogP contribution in [0, 0.1) is 5.92 Å². The lowest BCUT2D eigenvalue weighted by Crippen LogP contribution is -2.58. The van der Waals surface area contributed by atoms with Gasteiger partial charge in [-0.2, -0.15) is 13.2 Å². The molecule has 0 aliphatic carbocycles. The fraction of sp³-hybridized carbons (Fsp3) is 0.333. The molecule has 2 aromatic carbocycles. The molecule has 3 amide bonds. The van der Waals surface area contributed by atoms with Gasteiger partial charge < -0.3 is 16.0 Å². The molecule has 9 nitrogen and oxygen atoms in total. The van der Waals surface area contributed by atoms with Crippen molar-refractivity contribution in [1.82, 2.24) is 16.0 Å². The highest BCUT2D eigenvalue weighted by Crippen LogP contribution is 2.21. The van der Waals surface area contributed by atoms with E-state index in [1.165, 1.54) is 27.1 Å². The van der Waals surface area contributed by atoms with Crippen LogP contribution < -0.4 is 16.0 Å². The van der Waals surface area contributed by atoms with Gasteiger partial charge in [0.05, 0.1) is 11.6 Å². The van der Waals surface area contributed by atoms with Crippen LogP contribution in [-0.2, 0) is 32.0 Å². The molecule has 0 bridgehead atoms. The van der Waals surface area contributed by atoms with Crippen molar-refractivity contribution in [3.8, 4) is 0 Å². The summed E-state index contributed by atoms with van der Waals surface area (Å²) in [6, 6.07) is 10.4. The summed E-state index contributed by atoms with van der Waals surface area (Å²) in [6.07, 6.45) is -2.99. The van der Waals surface area contributed by atoms with E-state index in [0.717, 1.165) is 6.20 Å². The Morgan fingerprint density at radius 3 is 2.05 bits per heavy atom. The highest BCUT2D eigenvalue weighted by atomic mass is 35.5. The molecule has 3 atom stereocenters. The maximum atomic E-state index is 13.6. The molecule has 0 saturated heterocycles. The van der Waals surface area contributed by atoms with Crippen LogP contribution >= 0.6 is 11.6 Å². The number of rotatable bonds is 14. The summed E-state index contributed by atoms with van der Waals surface area (Å²) in [5.74, 6) is -5.55. The summed E-state index contributed by atoms with van der Waals surface area (Å²) in [5.41, 5.74) is 1.15. The fourth-order valence-electron chi connectivity index (χ4n) is 4.04. The van der Waals surface area contributed by atoms with Gasteiger partial charge in [-0.15, -0.1) is 0 Å². The number of halogens is 4. The van der Waals surface area contributed by atoms with Crippen LogP contribution in [0.15, 0.2) is 76.4 Å². The Labute approximate surface area is 252 Å². The van der Waals surface area contributed by atoms with Crippen LogP contribution in [0.5, 0.6) is 0 Å². The number of aliphatic imine (C=N–C) groups is 2. The molecule has 0 heterocycles. The number of ketones is 1. The minimum absolute atomic E-state index is 0.00888. The topological polar surface area (TPSA) is 129 Å². The first-order valence-corrected chi connectivity index (χ1v) is 13.5. The van der Waals surface area contributed by atoms with Crippen molar-refractivity contribution < 1.29 is 32.3 Å². The third-order valence-electron chi connectivity index (χ3n) is 6.15. The third-order valence-corrected chi connectivity index (χ3v) is 6.39. The molecule has 0 saturated carbocycles. The van der Waals surface area contributed by atoms with E-state index in [2.05, 4.69) is 32.7 Å². The summed E-state index contributed by atoms with van der Waals surface area (Å²) < 4.78 is 39.8. The Balaban J connectivity index is 2.44. The Morgan fingerprint density at radius 2 is 1.49 bits per heavy atom. The average molecular weight is 620 g/mol. The summed E-state index contributed by atoms with van der Waals surface area (Å²) in [5, 5.41) is 7.68. The minimum Gasteiger partial charge on any atom is -0.344 e. The van der Waals surface area contributed by atoms with Crippen molar-refractivity contribution >= 4 is 48.0 Å². The second-order valence-corrected chi connectivity index (χ2v) is 10.3. The van der Waals surface area contributed by atoms with Gasteiger partial charge in [-0.25, -0.2) is 0 Å². The predicted octanol–water partition coefficient (Wildman–Crippen LogP) is 3.65. The number of nitrogens with zero attached hydrogens (tertiary/aromatic N) is 2. The third kappa shape index (κ3) is 11.1. The number of benzene rings is 2. The van der Waals surface area contributed by atoms with Gasteiger partial charge in [-0.3, -0.25) is 29.2 Å². The molecule has 13 heteroatoms. The molecule has 43 heavy (non-hydrogen) atoms. The highest BCUT2D eigenvalue weighted by Gasteiger charge is 2.45. The Hall–Kier alpha value is -4.32. The van der Waals surface area contributed by atoms with Crippen molar-refractivity contribution in [2.75, 3.05) is 7.05 Å². The van der Waals surface area contributed by atoms with Gasteiger partial charge in [0.2, 0.25) is 11.8 Å². The summed E-state index contributed by atoms with van der Waals surface area (Å²) in [4.78, 5) is 59.4. The fourth-order valence-corrected chi connectivity index (χ4v) is 4.25. The molecule has 0 spiro atoms. The van der Waals surface area contributed by atoms with Crippen molar-refractivity contribution in [2.45, 2.75) is 51.0 Å². The lowest BCUT2D eigenvalue weighted by atomic mass is 9.97. The summed E-state index contributed by atoms with van der Waals surface area (Å²) in [7, 11) is 1.43. The molecule has 3 N–H and O–H groups in total. The van der Waals surface area contributed by atoms with Gasteiger partial charge in [0.15, 0.2) is 0 Å². The first kappa shape index (κ1) is 34.9. The lowest BCUT2D eigenvalue weighted by molar-refractivity contribution is -0.175. The molecule has 0 aliphatic heterocycles. The number of hydrogen-bond acceptors (Lipinski definition) is 6. The monoisotopic (exact) mass is 619 g/mol. The molecule has 2 aromatic rings. The largest absolute Gasteiger partial charge is 0.452 e. The first-order chi connectivity index (χ1) is 20.3. The Kier molecular flexibility index (Phi) is 13.3. The SMILES string of the molecule is C=N/C=C(\C=N/C)C(=O)N[C@H](Cc1cccc(Cl)c1)C(=O)N[C@@H](Cc1ccccc1)C(=O)N[C@H](C(=O)C(F)(F)F)C(C)C. The average Bonchev–Trinajstić information content (AvgIpc) is 2.94. The lowest BCUT2D eigenvalue weighted by Gasteiger charge is -2.27. The van der Waals surface area contributed by atoms with Gasteiger partial charge in [-0.1, -0.05) is 67.9 Å². The van der Waals surface area contributed by atoms with Crippen LogP contribution in [0.25, 0.3) is 0 Å². The summed E-state index contributed by atoms with van der Waals surface area (Å²) >= 11 is 6.10. The van der Waals surface area contributed by atoms with Gasteiger partial charge in [0.1, 0.15) is 12.1 Å². The van der Waals surface area contributed by atoms with E-state index in [-0.39, 0.29) is 18.4 Å². The van der Waals surface area contributed by atoms with Crippen molar-refractivity contribution in [1.29, 1.82) is 0 Å². The quantitative estimate of drug-likeness (QED) is 0.220. The van der Waals surface area contributed by atoms with E-state index < -0.39 is 53.7 Å². The molecular weight excluding hydrogens is 587 g/mol. The van der Waals surface area contributed by atoms with Crippen LogP contribution in [0.3, 0.4) is 0 Å². The van der Waals surface area contributed by atoms with Crippen LogP contribution in [0.1, 0.15) is 25.0 Å². The van der Waals surface area contributed by atoms with E-state index in [4.69, 9.17) is 11.6 Å². The van der Waals surface area contributed by atoms with E-state index in [9.17, 15) is 32.3 Å². The number of carbonyl (C=O) groups is 4. The van der Waals surface area contributed by atoms with Gasteiger partial charge in [0.25, 0.3) is 11.7 Å². The maximum absolute atomic E-state index is 13.6. The molecule has 0 aromatic heterocycles. The zero-order chi connectivity index (χ0) is 32.2. The zero-order valence-electron chi connectivity index (χ0n) is 23.8. The van der Waals surface area contributed by atoms with E-state index >= 15 is 0 Å². The van der Waals surface area contributed by atoms with Crippen molar-refractivity contribution in [2.24, 2.45) is 15.9 Å². The van der Waals surface area contributed by atoms with Crippen molar-refractivity contribution in [3.63, 3.8) is 0 Å². The second kappa shape index (κ2) is 16.4.